The number of carbonyl (C=O) groups excluding carboxylic acids is 2. The zero-order valence-electron chi connectivity index (χ0n) is 16.4. The SMILES string of the molecule is CC[C@H]1CC[C@@H](C)N(C(=O)c2cccc(C(=O)N(C)c3ccccc3)c2)C1. The molecule has 2 aromatic rings. The summed E-state index contributed by atoms with van der Waals surface area (Å²) in [7, 11) is 1.75. The summed E-state index contributed by atoms with van der Waals surface area (Å²) in [6.07, 6.45) is 3.32. The molecule has 2 atom stereocenters. The summed E-state index contributed by atoms with van der Waals surface area (Å²) < 4.78 is 0. The van der Waals surface area contributed by atoms with Crippen molar-refractivity contribution in [2.75, 3.05) is 18.5 Å². The molecule has 2 aromatic carbocycles. The van der Waals surface area contributed by atoms with E-state index in [2.05, 4.69) is 13.8 Å². The van der Waals surface area contributed by atoms with E-state index in [9.17, 15) is 9.59 Å². The first-order chi connectivity index (χ1) is 13.0. The third-order valence-corrected chi connectivity index (χ3v) is 5.62. The summed E-state index contributed by atoms with van der Waals surface area (Å²) in [5, 5.41) is 0. The third-order valence-electron chi connectivity index (χ3n) is 5.62. The van der Waals surface area contributed by atoms with Gasteiger partial charge in [0, 0.05) is 36.4 Å². The Kier molecular flexibility index (Phi) is 5.94. The summed E-state index contributed by atoms with van der Waals surface area (Å²) in [6.45, 7) is 5.10. The van der Waals surface area contributed by atoms with Crippen LogP contribution in [-0.2, 0) is 0 Å². The fourth-order valence-corrected chi connectivity index (χ4v) is 3.71. The second kappa shape index (κ2) is 8.38. The Labute approximate surface area is 161 Å². The minimum atomic E-state index is -0.117. The first-order valence-corrected chi connectivity index (χ1v) is 9.75. The van der Waals surface area contributed by atoms with Crippen molar-refractivity contribution in [3.63, 3.8) is 0 Å². The Balaban J connectivity index is 1.80. The van der Waals surface area contributed by atoms with Gasteiger partial charge in [-0.2, -0.15) is 0 Å². The van der Waals surface area contributed by atoms with E-state index in [0.29, 0.717) is 17.0 Å². The first kappa shape index (κ1) is 19.2. The predicted molar refractivity (Wildman–Crippen MR) is 109 cm³/mol. The normalized spacial score (nSPS) is 19.6. The number of hydrogen-bond acceptors (Lipinski definition) is 2. The highest BCUT2D eigenvalue weighted by Gasteiger charge is 2.29. The summed E-state index contributed by atoms with van der Waals surface area (Å²) in [4.78, 5) is 29.5. The molecule has 1 fully saturated rings. The van der Waals surface area contributed by atoms with Gasteiger partial charge in [0.25, 0.3) is 11.8 Å². The highest BCUT2D eigenvalue weighted by molar-refractivity contribution is 6.07. The second-order valence-electron chi connectivity index (χ2n) is 7.44. The van der Waals surface area contributed by atoms with E-state index < -0.39 is 0 Å². The van der Waals surface area contributed by atoms with Gasteiger partial charge in [-0.05, 0) is 56.0 Å². The van der Waals surface area contributed by atoms with Gasteiger partial charge in [0.1, 0.15) is 0 Å². The zero-order valence-corrected chi connectivity index (χ0v) is 16.4. The maximum atomic E-state index is 13.1. The molecule has 0 spiro atoms. The zero-order chi connectivity index (χ0) is 19.4. The van der Waals surface area contributed by atoms with E-state index in [4.69, 9.17) is 0 Å². The van der Waals surface area contributed by atoms with E-state index in [0.717, 1.165) is 25.1 Å². The minimum Gasteiger partial charge on any atom is -0.336 e. The monoisotopic (exact) mass is 364 g/mol. The number of amides is 2. The number of nitrogens with zero attached hydrogens (tertiary/aromatic N) is 2. The standard InChI is InChI=1S/C23H28N2O2/c1-4-18-14-13-17(2)25(16-18)23(27)20-10-8-9-19(15-20)22(26)24(3)21-11-6-5-7-12-21/h5-12,15,17-18H,4,13-14,16H2,1-3H3/t17-,18+/m1/s1. The van der Waals surface area contributed by atoms with Gasteiger partial charge in [-0.15, -0.1) is 0 Å². The average molecular weight is 364 g/mol. The molecule has 4 heteroatoms. The topological polar surface area (TPSA) is 40.6 Å². The molecule has 0 unspecified atom stereocenters. The van der Waals surface area contributed by atoms with Crippen molar-refractivity contribution in [1.29, 1.82) is 0 Å². The molecule has 142 valence electrons. The van der Waals surface area contributed by atoms with Crippen LogP contribution in [0.25, 0.3) is 0 Å². The van der Waals surface area contributed by atoms with Gasteiger partial charge in [0.2, 0.25) is 0 Å². The molecule has 1 aliphatic rings. The molecule has 27 heavy (non-hydrogen) atoms. The molecule has 0 radical (unpaired) electrons. The summed E-state index contributed by atoms with van der Waals surface area (Å²) >= 11 is 0. The molecule has 0 aliphatic carbocycles. The van der Waals surface area contributed by atoms with Crippen LogP contribution in [-0.4, -0.2) is 36.3 Å². The van der Waals surface area contributed by atoms with Crippen LogP contribution >= 0.6 is 0 Å². The molecule has 4 nitrogen and oxygen atoms in total. The van der Waals surface area contributed by atoms with Crippen LogP contribution in [0.3, 0.4) is 0 Å². The fourth-order valence-electron chi connectivity index (χ4n) is 3.71. The number of rotatable bonds is 4. The molecule has 1 aliphatic heterocycles. The lowest BCUT2D eigenvalue weighted by molar-refractivity contribution is 0.0556. The average Bonchev–Trinajstić information content (AvgIpc) is 2.73. The summed E-state index contributed by atoms with van der Waals surface area (Å²) in [5.74, 6) is 0.478. The first-order valence-electron chi connectivity index (χ1n) is 9.75. The van der Waals surface area contributed by atoms with Crippen molar-refractivity contribution in [2.24, 2.45) is 5.92 Å². The van der Waals surface area contributed by atoms with E-state index in [1.807, 2.05) is 41.3 Å². The largest absolute Gasteiger partial charge is 0.336 e. The van der Waals surface area contributed by atoms with Gasteiger partial charge in [-0.25, -0.2) is 0 Å². The maximum absolute atomic E-state index is 13.1. The van der Waals surface area contributed by atoms with Crippen molar-refractivity contribution >= 4 is 17.5 Å². The quantitative estimate of drug-likeness (QED) is 0.795. The second-order valence-corrected chi connectivity index (χ2v) is 7.44. The van der Waals surface area contributed by atoms with Gasteiger partial charge in [0.05, 0.1) is 0 Å². The van der Waals surface area contributed by atoms with Gasteiger partial charge >= 0.3 is 0 Å². The third kappa shape index (κ3) is 4.21. The van der Waals surface area contributed by atoms with E-state index in [1.165, 1.54) is 6.42 Å². The lowest BCUT2D eigenvalue weighted by Crippen LogP contribution is -2.45. The molecular weight excluding hydrogens is 336 g/mol. The molecule has 0 N–H and O–H groups in total. The predicted octanol–water partition coefficient (Wildman–Crippen LogP) is 4.61. The Morgan fingerprint density at radius 3 is 2.44 bits per heavy atom. The molecule has 0 aromatic heterocycles. The van der Waals surface area contributed by atoms with Crippen LogP contribution < -0.4 is 4.90 Å². The number of piperidine rings is 1. The van der Waals surface area contributed by atoms with Crippen LogP contribution in [0.1, 0.15) is 53.8 Å². The molecule has 3 rings (SSSR count). The number of para-hydroxylation sites is 1. The Hall–Kier alpha value is -2.62. The Bertz CT molecular complexity index is 803. The van der Waals surface area contributed by atoms with Crippen LogP contribution in [0.5, 0.6) is 0 Å². The molecular formula is C23H28N2O2. The molecule has 0 bridgehead atoms. The van der Waals surface area contributed by atoms with Crippen LogP contribution in [0.4, 0.5) is 5.69 Å². The van der Waals surface area contributed by atoms with Gasteiger partial charge in [0.15, 0.2) is 0 Å². The molecule has 1 saturated heterocycles. The smallest absolute Gasteiger partial charge is 0.258 e. The van der Waals surface area contributed by atoms with Crippen LogP contribution in [0.2, 0.25) is 0 Å². The van der Waals surface area contributed by atoms with Crippen molar-refractivity contribution in [3.8, 4) is 0 Å². The van der Waals surface area contributed by atoms with Crippen molar-refractivity contribution in [1.82, 2.24) is 4.90 Å². The Morgan fingerprint density at radius 1 is 1.04 bits per heavy atom. The van der Waals surface area contributed by atoms with E-state index in [1.54, 1.807) is 30.1 Å². The van der Waals surface area contributed by atoms with Crippen LogP contribution in [0.15, 0.2) is 54.6 Å². The lowest BCUT2D eigenvalue weighted by Gasteiger charge is -2.38. The minimum absolute atomic E-state index is 0.0256. The van der Waals surface area contributed by atoms with E-state index in [-0.39, 0.29) is 17.9 Å². The van der Waals surface area contributed by atoms with Crippen LogP contribution in [0, 0.1) is 5.92 Å². The number of anilines is 1. The van der Waals surface area contributed by atoms with Gasteiger partial charge in [-0.1, -0.05) is 37.6 Å². The molecule has 1 heterocycles. The number of hydrogen-bond donors (Lipinski definition) is 0. The van der Waals surface area contributed by atoms with Crippen molar-refractivity contribution in [3.05, 3.63) is 65.7 Å². The number of likely N-dealkylation sites (tertiary alicyclic amines) is 1. The molecule has 2 amide bonds. The Morgan fingerprint density at radius 2 is 1.74 bits per heavy atom. The van der Waals surface area contributed by atoms with Crippen molar-refractivity contribution < 1.29 is 9.59 Å². The number of carbonyl (C=O) groups is 2. The van der Waals surface area contributed by atoms with Crippen molar-refractivity contribution in [2.45, 2.75) is 39.2 Å². The van der Waals surface area contributed by atoms with E-state index >= 15 is 0 Å². The lowest BCUT2D eigenvalue weighted by atomic mass is 9.91. The van der Waals surface area contributed by atoms with Gasteiger partial charge < -0.3 is 9.80 Å². The number of benzene rings is 2. The highest BCUT2D eigenvalue weighted by atomic mass is 16.2. The summed E-state index contributed by atoms with van der Waals surface area (Å²) in [6, 6.07) is 16.9. The highest BCUT2D eigenvalue weighted by Crippen LogP contribution is 2.26. The molecule has 0 saturated carbocycles. The summed E-state index contributed by atoms with van der Waals surface area (Å²) in [5.41, 5.74) is 1.95. The fraction of sp³-hybridized carbons (Fsp3) is 0.391. The van der Waals surface area contributed by atoms with Gasteiger partial charge in [-0.3, -0.25) is 9.59 Å². The maximum Gasteiger partial charge on any atom is 0.258 e.